The predicted molar refractivity (Wildman–Crippen MR) is 69.3 cm³/mol. The number of hydrogen-bond acceptors (Lipinski definition) is 2. The smallest absolute Gasteiger partial charge is 0.146 e. The Bertz CT molecular complexity index is 132. The van der Waals surface area contributed by atoms with Gasteiger partial charge in [-0.1, -0.05) is 40.0 Å². The van der Waals surface area contributed by atoms with E-state index in [0.29, 0.717) is 5.41 Å². The fourth-order valence-corrected chi connectivity index (χ4v) is 1.62. The molecule has 0 N–H and O–H groups in total. The monoisotopic (exact) mass is 232 g/mol. The van der Waals surface area contributed by atoms with Crippen molar-refractivity contribution < 1.29 is 9.16 Å². The summed E-state index contributed by atoms with van der Waals surface area (Å²) in [5.74, 6) is 0. The molecule has 0 saturated carbocycles. The maximum absolute atomic E-state index is 5.42. The van der Waals surface area contributed by atoms with Crippen LogP contribution in [0.2, 0.25) is 0 Å². The zero-order chi connectivity index (χ0) is 11.6. The molecule has 0 amide bonds. The first-order valence-electron chi connectivity index (χ1n) is 6.13. The van der Waals surface area contributed by atoms with E-state index in [9.17, 15) is 0 Å². The van der Waals surface area contributed by atoms with Gasteiger partial charge in [-0.25, -0.2) is 0 Å². The highest BCUT2D eigenvalue weighted by Crippen LogP contribution is 2.22. The highest BCUT2D eigenvalue weighted by Gasteiger charge is 2.08. The van der Waals surface area contributed by atoms with Crippen LogP contribution in [-0.2, 0) is 9.16 Å². The Balaban J connectivity index is 2.99. The standard InChI is InChI=1S/C12H28O2Si/c1-12(2,3)8-6-4-5-7-9-13-10-11-14-15/h4-11H2,1-3,15H3. The molecule has 0 radical (unpaired) electrons. The van der Waals surface area contributed by atoms with Gasteiger partial charge in [-0.15, -0.1) is 0 Å². The number of unbranched alkanes of at least 4 members (excludes halogenated alkanes) is 3. The van der Waals surface area contributed by atoms with E-state index < -0.39 is 0 Å². The van der Waals surface area contributed by atoms with Crippen LogP contribution in [0.1, 0.15) is 52.9 Å². The summed E-state index contributed by atoms with van der Waals surface area (Å²) in [6.45, 7) is 9.38. The van der Waals surface area contributed by atoms with Crippen LogP contribution in [0.25, 0.3) is 0 Å². The van der Waals surface area contributed by atoms with E-state index in [1.54, 1.807) is 0 Å². The summed E-state index contributed by atoms with van der Waals surface area (Å²) < 4.78 is 10.5. The van der Waals surface area contributed by atoms with Crippen molar-refractivity contribution in [3.05, 3.63) is 0 Å². The van der Waals surface area contributed by atoms with Crippen molar-refractivity contribution >= 4 is 10.5 Å². The van der Waals surface area contributed by atoms with Crippen LogP contribution in [0.3, 0.4) is 0 Å². The van der Waals surface area contributed by atoms with E-state index in [1.165, 1.54) is 32.1 Å². The van der Waals surface area contributed by atoms with E-state index in [4.69, 9.17) is 9.16 Å². The molecule has 0 aromatic rings. The van der Waals surface area contributed by atoms with Gasteiger partial charge in [0.15, 0.2) is 0 Å². The van der Waals surface area contributed by atoms with Crippen molar-refractivity contribution in [3.63, 3.8) is 0 Å². The van der Waals surface area contributed by atoms with Crippen LogP contribution >= 0.6 is 0 Å². The third-order valence-corrected chi connectivity index (χ3v) is 2.81. The van der Waals surface area contributed by atoms with Gasteiger partial charge in [0.1, 0.15) is 10.5 Å². The van der Waals surface area contributed by atoms with E-state index in [-0.39, 0.29) is 0 Å². The maximum atomic E-state index is 5.42. The lowest BCUT2D eigenvalue weighted by molar-refractivity contribution is 0.1000. The van der Waals surface area contributed by atoms with Crippen molar-refractivity contribution in [1.29, 1.82) is 0 Å². The zero-order valence-electron chi connectivity index (χ0n) is 11.0. The molecule has 0 fully saturated rings. The van der Waals surface area contributed by atoms with Gasteiger partial charge in [-0.3, -0.25) is 0 Å². The third-order valence-electron chi connectivity index (χ3n) is 2.40. The fraction of sp³-hybridized carbons (Fsp3) is 1.00. The van der Waals surface area contributed by atoms with Crippen molar-refractivity contribution in [2.75, 3.05) is 19.8 Å². The maximum Gasteiger partial charge on any atom is 0.146 e. The molecule has 2 nitrogen and oxygen atoms in total. The molecule has 0 atom stereocenters. The second-order valence-corrected chi connectivity index (χ2v) is 5.91. The topological polar surface area (TPSA) is 18.5 Å². The molecule has 0 saturated heterocycles. The SMILES string of the molecule is CC(C)(C)CCCCCCOCCO[SiH3]. The Morgan fingerprint density at radius 3 is 2.13 bits per heavy atom. The van der Waals surface area contributed by atoms with Gasteiger partial charge in [0.2, 0.25) is 0 Å². The van der Waals surface area contributed by atoms with Crippen molar-refractivity contribution in [3.8, 4) is 0 Å². The summed E-state index contributed by atoms with van der Waals surface area (Å²) in [6, 6.07) is 0. The normalized spacial score (nSPS) is 12.2. The van der Waals surface area contributed by atoms with Crippen LogP contribution < -0.4 is 0 Å². The van der Waals surface area contributed by atoms with Gasteiger partial charge in [-0.2, -0.15) is 0 Å². The quantitative estimate of drug-likeness (QED) is 0.449. The Hall–Kier alpha value is 0.137. The molecule has 0 aromatic heterocycles. The Morgan fingerprint density at radius 2 is 1.53 bits per heavy atom. The minimum absolute atomic E-state index is 0.499. The molecule has 0 aliphatic heterocycles. The minimum atomic E-state index is 0.499. The third kappa shape index (κ3) is 14.1. The summed E-state index contributed by atoms with van der Waals surface area (Å²) in [7, 11) is 0.825. The van der Waals surface area contributed by atoms with Gasteiger partial charge >= 0.3 is 0 Å². The molecule has 0 rings (SSSR count). The van der Waals surface area contributed by atoms with Gasteiger partial charge in [0.25, 0.3) is 0 Å². The highest BCUT2D eigenvalue weighted by atomic mass is 28.2. The number of hydrogen-bond donors (Lipinski definition) is 0. The minimum Gasteiger partial charge on any atom is -0.426 e. The summed E-state index contributed by atoms with van der Waals surface area (Å²) in [4.78, 5) is 0. The van der Waals surface area contributed by atoms with Crippen molar-refractivity contribution in [2.45, 2.75) is 52.9 Å². The number of ether oxygens (including phenoxy) is 1. The zero-order valence-corrected chi connectivity index (χ0v) is 13.0. The van der Waals surface area contributed by atoms with E-state index >= 15 is 0 Å². The molecule has 0 spiro atoms. The number of rotatable bonds is 9. The lowest BCUT2D eigenvalue weighted by Crippen LogP contribution is -2.05. The van der Waals surface area contributed by atoms with Crippen LogP contribution in [-0.4, -0.2) is 30.3 Å². The van der Waals surface area contributed by atoms with E-state index in [0.717, 1.165) is 30.3 Å². The summed E-state index contributed by atoms with van der Waals surface area (Å²) in [5.41, 5.74) is 0.499. The molecule has 0 heterocycles. The lowest BCUT2D eigenvalue weighted by Gasteiger charge is -2.17. The van der Waals surface area contributed by atoms with Gasteiger partial charge in [-0.05, 0) is 18.3 Å². The molecule has 3 heteroatoms. The fourth-order valence-electron chi connectivity index (χ4n) is 1.46. The first-order valence-corrected chi connectivity index (χ1v) is 6.94. The summed E-state index contributed by atoms with van der Waals surface area (Å²) in [5, 5.41) is 0. The molecule has 15 heavy (non-hydrogen) atoms. The van der Waals surface area contributed by atoms with Crippen LogP contribution in [0, 0.1) is 5.41 Å². The summed E-state index contributed by atoms with van der Waals surface area (Å²) >= 11 is 0. The van der Waals surface area contributed by atoms with E-state index in [1.807, 2.05) is 0 Å². The first-order chi connectivity index (χ1) is 7.06. The first kappa shape index (κ1) is 15.1. The Labute approximate surface area is 98.3 Å². The lowest BCUT2D eigenvalue weighted by atomic mass is 9.89. The van der Waals surface area contributed by atoms with Crippen LogP contribution in [0.4, 0.5) is 0 Å². The van der Waals surface area contributed by atoms with Crippen LogP contribution in [0.15, 0.2) is 0 Å². The van der Waals surface area contributed by atoms with Gasteiger partial charge < -0.3 is 9.16 Å². The largest absolute Gasteiger partial charge is 0.426 e. The molecular formula is C12H28O2Si. The predicted octanol–water partition coefficient (Wildman–Crippen LogP) is 2.30. The van der Waals surface area contributed by atoms with Crippen LogP contribution in [0.5, 0.6) is 0 Å². The molecule has 0 bridgehead atoms. The van der Waals surface area contributed by atoms with Crippen molar-refractivity contribution in [1.82, 2.24) is 0 Å². The molecule has 0 aliphatic rings. The molecule has 0 unspecified atom stereocenters. The van der Waals surface area contributed by atoms with Gasteiger partial charge in [0.05, 0.1) is 13.2 Å². The molecular weight excluding hydrogens is 204 g/mol. The van der Waals surface area contributed by atoms with Crippen molar-refractivity contribution in [2.24, 2.45) is 5.41 Å². The molecule has 0 aliphatic carbocycles. The average Bonchev–Trinajstić information content (AvgIpc) is 2.14. The Morgan fingerprint density at radius 1 is 0.867 bits per heavy atom. The van der Waals surface area contributed by atoms with E-state index in [2.05, 4.69) is 20.8 Å². The molecule has 92 valence electrons. The highest BCUT2D eigenvalue weighted by molar-refractivity contribution is 5.97. The second-order valence-electron chi connectivity index (χ2n) is 5.33. The summed E-state index contributed by atoms with van der Waals surface area (Å²) in [6.07, 6.45) is 6.54. The van der Waals surface area contributed by atoms with Gasteiger partial charge in [0, 0.05) is 6.61 Å². The second kappa shape index (κ2) is 9.37. The Kier molecular flexibility index (Phi) is 9.45. The average molecular weight is 232 g/mol. The molecule has 0 aromatic carbocycles.